The van der Waals surface area contributed by atoms with Gasteiger partial charge in [-0.2, -0.15) is 0 Å². The first-order chi connectivity index (χ1) is 16.3. The summed E-state index contributed by atoms with van der Waals surface area (Å²) < 4.78 is 0. The van der Waals surface area contributed by atoms with Gasteiger partial charge in [0.25, 0.3) is 0 Å². The average Bonchev–Trinajstić information content (AvgIpc) is 2.89. The van der Waals surface area contributed by atoms with E-state index < -0.39 is 0 Å². The van der Waals surface area contributed by atoms with Gasteiger partial charge >= 0.3 is 213 Å². The van der Waals surface area contributed by atoms with E-state index in [1.807, 2.05) is 0 Å². The molecule has 0 fully saturated rings. The Morgan fingerprint density at radius 1 is 0.515 bits per heavy atom. The van der Waals surface area contributed by atoms with Crippen molar-refractivity contribution < 1.29 is 18.3 Å². The van der Waals surface area contributed by atoms with E-state index in [-0.39, 0.29) is 15.8 Å². The van der Waals surface area contributed by atoms with Crippen LogP contribution in [0.25, 0.3) is 0 Å². The molecule has 0 saturated carbocycles. The van der Waals surface area contributed by atoms with Gasteiger partial charge in [-0.25, -0.2) is 0 Å². The maximum atomic E-state index is 2.95. The summed E-state index contributed by atoms with van der Waals surface area (Å²) in [5, 5.41) is 7.12. The predicted octanol–water partition coefficient (Wildman–Crippen LogP) is 6.75. The van der Waals surface area contributed by atoms with Gasteiger partial charge in [0.1, 0.15) is 0 Å². The normalized spacial score (nSPS) is 13.2. The van der Waals surface area contributed by atoms with Crippen LogP contribution in [0.3, 0.4) is 0 Å². The van der Waals surface area contributed by atoms with Crippen molar-refractivity contribution in [1.82, 2.24) is 0 Å². The molecule has 4 rings (SSSR count). The molecule has 3 heteroatoms. The Labute approximate surface area is 212 Å². The molecule has 33 heavy (non-hydrogen) atoms. The Hall–Kier alpha value is -1.64. The molecule has 0 aromatic heterocycles. The second-order valence-corrected chi connectivity index (χ2v) is 14.2. The summed E-state index contributed by atoms with van der Waals surface area (Å²) in [7, 11) is -0.757. The summed E-state index contributed by atoms with van der Waals surface area (Å²) in [6, 6.07) is 44.7. The summed E-state index contributed by atoms with van der Waals surface area (Å²) in [5.41, 5.74) is 1.29. The van der Waals surface area contributed by atoms with E-state index in [0.29, 0.717) is 11.3 Å². The van der Waals surface area contributed by atoms with Crippen LogP contribution in [0.1, 0.15) is 19.8 Å². The van der Waals surface area contributed by atoms with Crippen molar-refractivity contribution in [3.63, 3.8) is 0 Å². The molecule has 0 bridgehead atoms. The molecule has 0 amide bonds. The second-order valence-electron chi connectivity index (χ2n) is 8.31. The molecule has 0 N–H and O–H groups in total. The van der Waals surface area contributed by atoms with Crippen molar-refractivity contribution in [1.29, 1.82) is 0 Å². The Bertz CT molecular complexity index is 992. The van der Waals surface area contributed by atoms with E-state index in [1.165, 1.54) is 34.1 Å². The van der Waals surface area contributed by atoms with Crippen LogP contribution in [0, 0.1) is 0 Å². The average molecular weight is 555 g/mol. The van der Waals surface area contributed by atoms with Gasteiger partial charge in [0.2, 0.25) is 0 Å². The fourth-order valence-electron chi connectivity index (χ4n) is 4.41. The van der Waals surface area contributed by atoms with Gasteiger partial charge in [-0.05, 0) is 0 Å². The molecule has 169 valence electrons. The summed E-state index contributed by atoms with van der Waals surface area (Å²) in [5.74, 6) is 0. The molecular formula is C30H31P2Ru. The Kier molecular flexibility index (Phi) is 9.44. The van der Waals surface area contributed by atoms with Gasteiger partial charge in [-0.3, -0.25) is 0 Å². The van der Waals surface area contributed by atoms with Crippen molar-refractivity contribution in [2.24, 2.45) is 0 Å². The zero-order chi connectivity index (χ0) is 22.9. The number of hydrogen-bond acceptors (Lipinski definition) is 0. The quantitative estimate of drug-likeness (QED) is 0.150. The van der Waals surface area contributed by atoms with Crippen molar-refractivity contribution in [2.75, 3.05) is 0 Å². The summed E-state index contributed by atoms with van der Waals surface area (Å²) >= 11 is 2.95. The summed E-state index contributed by atoms with van der Waals surface area (Å²) in [4.78, 5) is 0. The molecule has 4 aromatic rings. The van der Waals surface area contributed by atoms with Crippen LogP contribution in [0.2, 0.25) is 5.02 Å². The molecule has 4 aromatic carbocycles. The van der Waals surface area contributed by atoms with Crippen LogP contribution in [0.15, 0.2) is 121 Å². The molecule has 0 aliphatic heterocycles. The molecule has 0 spiro atoms. The second kappa shape index (κ2) is 12.7. The van der Waals surface area contributed by atoms with E-state index in [2.05, 4.69) is 147 Å². The van der Waals surface area contributed by atoms with Crippen molar-refractivity contribution >= 4 is 37.1 Å². The molecule has 2 atom stereocenters. The Morgan fingerprint density at radius 3 is 1.18 bits per heavy atom. The molecule has 0 heterocycles. The molecule has 0 saturated heterocycles. The third-order valence-corrected chi connectivity index (χ3v) is 13.2. The first-order valence-electron chi connectivity index (χ1n) is 11.6. The van der Waals surface area contributed by atoms with Crippen LogP contribution < -0.4 is 21.2 Å². The van der Waals surface area contributed by atoms with Gasteiger partial charge in [-0.15, -0.1) is 0 Å². The molecule has 0 aliphatic rings. The molecule has 0 aliphatic carbocycles. The summed E-state index contributed by atoms with van der Waals surface area (Å²) in [6.45, 7) is 2.47. The SMILES string of the molecule is C[C@H](CC[C@@H]([CH2][Ru])P(c1ccccc1)c1ccccc1)P(c1ccccc1)c1ccccc1. The zero-order valence-corrected chi connectivity index (χ0v) is 22.6. The fourth-order valence-corrected chi connectivity index (χ4v) is 11.1. The standard InChI is InChI=1S/C30H31P2.Ru/c1-25(31(27-15-7-3-8-16-27)28-17-9-4-10-18-28)23-24-26(2)32(29-19-11-5-12-20-29)30-21-13-6-14-22-30;/h3-22,25-26H,1,23-24H2,2H3;/t25-,26-;/m1./s1. The van der Waals surface area contributed by atoms with Gasteiger partial charge in [-0.1, -0.05) is 0 Å². The van der Waals surface area contributed by atoms with E-state index in [9.17, 15) is 0 Å². The first-order valence-corrected chi connectivity index (χ1v) is 15.7. The van der Waals surface area contributed by atoms with Crippen LogP contribution >= 0.6 is 15.8 Å². The van der Waals surface area contributed by atoms with Crippen LogP contribution in [-0.4, -0.2) is 11.3 Å². The van der Waals surface area contributed by atoms with Crippen molar-refractivity contribution in [3.05, 3.63) is 121 Å². The predicted molar refractivity (Wildman–Crippen MR) is 145 cm³/mol. The van der Waals surface area contributed by atoms with Gasteiger partial charge in [0, 0.05) is 0 Å². The van der Waals surface area contributed by atoms with E-state index >= 15 is 0 Å². The van der Waals surface area contributed by atoms with Crippen LogP contribution in [0.5, 0.6) is 0 Å². The minimum absolute atomic E-state index is 0.374. The van der Waals surface area contributed by atoms with Gasteiger partial charge in [0.15, 0.2) is 0 Å². The molecule has 0 nitrogen and oxygen atoms in total. The molecule has 0 unspecified atom stereocenters. The van der Waals surface area contributed by atoms with Crippen LogP contribution in [0.4, 0.5) is 0 Å². The fraction of sp³-hybridized carbons (Fsp3) is 0.200. The molecule has 0 radical (unpaired) electrons. The maximum absolute atomic E-state index is 2.95. The van der Waals surface area contributed by atoms with E-state index in [1.54, 1.807) is 0 Å². The first kappa shape index (κ1) is 24.5. The van der Waals surface area contributed by atoms with Gasteiger partial charge in [0.05, 0.1) is 0 Å². The topological polar surface area (TPSA) is 0 Å². The van der Waals surface area contributed by atoms with E-state index in [0.717, 1.165) is 5.02 Å². The third-order valence-electron chi connectivity index (χ3n) is 6.03. The number of rotatable bonds is 10. The monoisotopic (exact) mass is 555 g/mol. The Balaban J connectivity index is 1.58. The number of benzene rings is 4. The number of hydrogen-bond donors (Lipinski definition) is 0. The Morgan fingerprint density at radius 2 is 0.848 bits per heavy atom. The van der Waals surface area contributed by atoms with Crippen molar-refractivity contribution in [3.8, 4) is 0 Å². The zero-order valence-electron chi connectivity index (χ0n) is 19.1. The van der Waals surface area contributed by atoms with Crippen molar-refractivity contribution in [2.45, 2.75) is 36.1 Å². The minimum atomic E-state index is -0.383. The summed E-state index contributed by atoms with van der Waals surface area (Å²) in [6.07, 6.45) is 2.50. The molecular weight excluding hydrogens is 523 g/mol. The third kappa shape index (κ3) is 6.49. The van der Waals surface area contributed by atoms with E-state index in [4.69, 9.17) is 0 Å². The van der Waals surface area contributed by atoms with Crippen LogP contribution in [-0.2, 0) is 18.3 Å². The van der Waals surface area contributed by atoms with Gasteiger partial charge < -0.3 is 0 Å².